The lowest BCUT2D eigenvalue weighted by Crippen LogP contribution is -2.29. The van der Waals surface area contributed by atoms with Crippen LogP contribution < -0.4 is 5.56 Å². The molecule has 0 amide bonds. The number of nitrogens with zero attached hydrogens (tertiary/aromatic N) is 1. The van der Waals surface area contributed by atoms with Crippen LogP contribution in [0.25, 0.3) is 10.9 Å². The van der Waals surface area contributed by atoms with Gasteiger partial charge in [-0.1, -0.05) is 12.1 Å². The van der Waals surface area contributed by atoms with Gasteiger partial charge in [0.1, 0.15) is 0 Å². The standard InChI is InChI=1S/C15H8I2N2O2S/c16-8-5-6-12-10(7-8)14(21)19(15(22)18-12)13(20)9-3-1-2-4-11(9)17/h1-7H,(H,18,22). The Morgan fingerprint density at radius 3 is 2.59 bits per heavy atom. The van der Waals surface area contributed by atoms with Gasteiger partial charge in [0, 0.05) is 7.14 Å². The quantitative estimate of drug-likeness (QED) is 0.380. The van der Waals surface area contributed by atoms with E-state index in [1.54, 1.807) is 24.3 Å². The molecule has 110 valence electrons. The molecule has 7 heteroatoms. The summed E-state index contributed by atoms with van der Waals surface area (Å²) in [5.41, 5.74) is 0.679. The van der Waals surface area contributed by atoms with Gasteiger partial charge in [-0.15, -0.1) is 0 Å². The molecule has 0 radical (unpaired) electrons. The third-order valence-corrected chi connectivity index (χ3v) is 5.06. The van der Waals surface area contributed by atoms with E-state index in [1.807, 2.05) is 18.2 Å². The number of hydrogen-bond acceptors (Lipinski definition) is 3. The fourth-order valence-electron chi connectivity index (χ4n) is 2.13. The van der Waals surface area contributed by atoms with Crippen LogP contribution in [0.1, 0.15) is 10.4 Å². The lowest BCUT2D eigenvalue weighted by Gasteiger charge is -2.08. The average molecular weight is 534 g/mol. The first-order valence-corrected chi connectivity index (χ1v) is 8.79. The number of hydrogen-bond donors (Lipinski definition) is 1. The molecule has 1 heterocycles. The number of rotatable bonds is 1. The second-order valence-corrected chi connectivity index (χ2v) is 7.34. The van der Waals surface area contributed by atoms with Crippen molar-refractivity contribution in [2.45, 2.75) is 0 Å². The second-order valence-electron chi connectivity index (χ2n) is 4.55. The molecule has 0 fully saturated rings. The Hall–Kier alpha value is -1.07. The Bertz CT molecular complexity index is 1020. The third-order valence-electron chi connectivity index (χ3n) is 3.17. The fourth-order valence-corrected chi connectivity index (χ4v) is 3.51. The van der Waals surface area contributed by atoms with Gasteiger partial charge in [0.15, 0.2) is 4.77 Å². The Kier molecular flexibility index (Phi) is 4.46. The lowest BCUT2D eigenvalue weighted by molar-refractivity contribution is 0.0953. The van der Waals surface area contributed by atoms with Crippen molar-refractivity contribution in [2.75, 3.05) is 0 Å². The first-order chi connectivity index (χ1) is 10.5. The van der Waals surface area contributed by atoms with Crippen LogP contribution in [0, 0.1) is 11.9 Å². The van der Waals surface area contributed by atoms with Crippen molar-refractivity contribution in [1.29, 1.82) is 0 Å². The van der Waals surface area contributed by atoms with Gasteiger partial charge in [-0.2, -0.15) is 0 Å². The summed E-state index contributed by atoms with van der Waals surface area (Å²) in [6.45, 7) is 0. The maximum Gasteiger partial charge on any atom is 0.269 e. The van der Waals surface area contributed by atoms with Crippen molar-refractivity contribution >= 4 is 74.2 Å². The zero-order valence-electron chi connectivity index (χ0n) is 11.0. The second kappa shape index (κ2) is 6.20. The third kappa shape index (κ3) is 2.76. The molecule has 0 saturated heterocycles. The van der Waals surface area contributed by atoms with Crippen LogP contribution >= 0.6 is 57.4 Å². The van der Waals surface area contributed by atoms with Crippen LogP contribution in [0.5, 0.6) is 0 Å². The number of carbonyl (C=O) groups is 1. The summed E-state index contributed by atoms with van der Waals surface area (Å²) in [4.78, 5) is 28.3. The number of fused-ring (bicyclic) bond motifs is 1. The molecule has 0 aliphatic carbocycles. The number of H-pyrrole nitrogens is 1. The largest absolute Gasteiger partial charge is 0.331 e. The first-order valence-electron chi connectivity index (χ1n) is 6.23. The number of halogens is 2. The van der Waals surface area contributed by atoms with E-state index >= 15 is 0 Å². The van der Waals surface area contributed by atoms with Crippen molar-refractivity contribution in [3.8, 4) is 0 Å². The molecule has 22 heavy (non-hydrogen) atoms. The monoisotopic (exact) mass is 534 g/mol. The summed E-state index contributed by atoms with van der Waals surface area (Å²) >= 11 is 9.39. The predicted octanol–water partition coefficient (Wildman–Crippen LogP) is 3.96. The molecule has 3 rings (SSSR count). The Morgan fingerprint density at radius 1 is 1.14 bits per heavy atom. The van der Waals surface area contributed by atoms with E-state index in [4.69, 9.17) is 12.2 Å². The van der Waals surface area contributed by atoms with Gasteiger partial charge >= 0.3 is 0 Å². The van der Waals surface area contributed by atoms with E-state index in [1.165, 1.54) is 0 Å². The normalized spacial score (nSPS) is 10.8. The maximum atomic E-state index is 12.7. The minimum Gasteiger partial charge on any atom is -0.331 e. The Morgan fingerprint density at radius 2 is 1.86 bits per heavy atom. The highest BCUT2D eigenvalue weighted by molar-refractivity contribution is 14.1. The van der Waals surface area contributed by atoms with Gasteiger partial charge < -0.3 is 4.98 Å². The van der Waals surface area contributed by atoms with E-state index in [9.17, 15) is 9.59 Å². The summed E-state index contributed by atoms with van der Waals surface area (Å²) < 4.78 is 2.81. The van der Waals surface area contributed by atoms with Crippen LogP contribution in [0.15, 0.2) is 47.3 Å². The maximum absolute atomic E-state index is 12.7. The highest BCUT2D eigenvalue weighted by Gasteiger charge is 2.16. The number of aromatic nitrogens is 2. The highest BCUT2D eigenvalue weighted by Crippen LogP contribution is 2.15. The van der Waals surface area contributed by atoms with Crippen molar-refractivity contribution in [3.05, 3.63) is 70.3 Å². The van der Waals surface area contributed by atoms with E-state index in [0.29, 0.717) is 16.5 Å². The molecule has 0 aliphatic heterocycles. The van der Waals surface area contributed by atoms with Crippen LogP contribution in [-0.4, -0.2) is 15.5 Å². The average Bonchev–Trinajstić information content (AvgIpc) is 2.48. The van der Waals surface area contributed by atoms with Crippen molar-refractivity contribution in [1.82, 2.24) is 9.55 Å². The van der Waals surface area contributed by atoms with E-state index < -0.39 is 11.5 Å². The number of aromatic amines is 1. The Balaban J connectivity index is 2.32. The molecule has 0 unspecified atom stereocenters. The molecule has 1 N–H and O–H groups in total. The van der Waals surface area contributed by atoms with Crippen molar-refractivity contribution < 1.29 is 4.79 Å². The van der Waals surface area contributed by atoms with Crippen molar-refractivity contribution in [3.63, 3.8) is 0 Å². The number of benzene rings is 2. The van der Waals surface area contributed by atoms with Gasteiger partial charge in [0.2, 0.25) is 0 Å². The Labute approximate surface area is 157 Å². The molecular formula is C15H8I2N2O2S. The molecular weight excluding hydrogens is 526 g/mol. The van der Waals surface area contributed by atoms with Crippen molar-refractivity contribution in [2.24, 2.45) is 0 Å². The highest BCUT2D eigenvalue weighted by atomic mass is 127. The zero-order valence-corrected chi connectivity index (χ0v) is 16.1. The smallest absolute Gasteiger partial charge is 0.269 e. The van der Waals surface area contributed by atoms with Crippen LogP contribution in [0.2, 0.25) is 0 Å². The first kappa shape index (κ1) is 15.8. The summed E-state index contributed by atoms with van der Waals surface area (Å²) in [6.07, 6.45) is 0. The summed E-state index contributed by atoms with van der Waals surface area (Å²) in [5.74, 6) is -0.419. The number of carbonyl (C=O) groups excluding carboxylic acids is 1. The van der Waals surface area contributed by atoms with Crippen LogP contribution in [-0.2, 0) is 0 Å². The molecule has 0 spiro atoms. The topological polar surface area (TPSA) is 54.9 Å². The molecule has 2 aromatic carbocycles. The van der Waals surface area contributed by atoms with Gasteiger partial charge in [0.25, 0.3) is 11.5 Å². The zero-order chi connectivity index (χ0) is 15.9. The van der Waals surface area contributed by atoms with Gasteiger partial charge in [-0.3, -0.25) is 9.59 Å². The molecule has 0 aliphatic rings. The molecule has 1 aromatic heterocycles. The van der Waals surface area contributed by atoms with Crippen LogP contribution in [0.4, 0.5) is 0 Å². The molecule has 3 aromatic rings. The minimum atomic E-state index is -0.419. The predicted molar refractivity (Wildman–Crippen MR) is 105 cm³/mol. The summed E-state index contributed by atoms with van der Waals surface area (Å²) in [6, 6.07) is 12.5. The SMILES string of the molecule is O=C(c1ccccc1I)n1c(=S)[nH]c2ccc(I)cc2c1=O. The van der Waals surface area contributed by atoms with Gasteiger partial charge in [-0.05, 0) is 87.7 Å². The molecule has 4 nitrogen and oxygen atoms in total. The van der Waals surface area contributed by atoms with Gasteiger partial charge in [-0.25, -0.2) is 4.57 Å². The van der Waals surface area contributed by atoms with E-state index in [0.717, 1.165) is 11.7 Å². The molecule has 0 atom stereocenters. The van der Waals surface area contributed by atoms with E-state index in [2.05, 4.69) is 50.2 Å². The molecule has 0 bridgehead atoms. The molecule has 0 saturated carbocycles. The van der Waals surface area contributed by atoms with Gasteiger partial charge in [0.05, 0.1) is 16.5 Å². The fraction of sp³-hybridized carbons (Fsp3) is 0. The minimum absolute atomic E-state index is 0.100. The van der Waals surface area contributed by atoms with Crippen LogP contribution in [0.3, 0.4) is 0 Å². The van der Waals surface area contributed by atoms with E-state index in [-0.39, 0.29) is 4.77 Å². The summed E-state index contributed by atoms with van der Waals surface area (Å²) in [7, 11) is 0. The lowest BCUT2D eigenvalue weighted by atomic mass is 10.2. The number of nitrogens with one attached hydrogen (secondary N) is 1. The summed E-state index contributed by atoms with van der Waals surface area (Å²) in [5, 5.41) is 0.444.